The number of nitrogens with one attached hydrogen (secondary N) is 2. The molecule has 0 aliphatic carbocycles. The standard InChI is InChI=1S/C24H51N.C8H7F4N.C8H9NO.2C2H6.2CH3F.CH2O/c1-6-15-22(4)18-13-11-9-10-12-14-19-24(20-21-25-5)23(16-7-2)17-8-3;1-4-2-5(8(10,11)12)7(13)6(9)3-4;1-7-4-2-3-5-8(7)9-6-10;5*1-2/h22-25H,6-21H2,1-5H3;2-3H,13H2,1H3;2-6H,1H3,(H,9,10);2*1-2H3;2*1H3;1H2. The molecule has 0 aromatic heterocycles. The van der Waals surface area contributed by atoms with Gasteiger partial charge in [-0.2, -0.15) is 13.2 Å². The van der Waals surface area contributed by atoms with Gasteiger partial charge in [-0.3, -0.25) is 13.6 Å². The zero-order valence-electron chi connectivity index (χ0n) is 39.0. The summed E-state index contributed by atoms with van der Waals surface area (Å²) in [4.78, 5) is 18.0. The molecular weight excluding hydrogens is 753 g/mol. The topological polar surface area (TPSA) is 84.2 Å². The van der Waals surface area contributed by atoms with E-state index in [4.69, 9.17) is 10.5 Å². The first-order chi connectivity index (χ1) is 27.9. The molecule has 0 spiro atoms. The third-order valence-electron chi connectivity index (χ3n) is 8.99. The second kappa shape index (κ2) is 50.1. The Kier molecular flexibility index (Phi) is 57.6. The molecule has 2 atom stereocenters. The lowest BCUT2D eigenvalue weighted by atomic mass is 9.80. The number of nitrogen functional groups attached to an aromatic ring is 1. The monoisotopic (exact) mass is 840 g/mol. The van der Waals surface area contributed by atoms with Gasteiger partial charge in [0, 0.05) is 5.69 Å². The van der Waals surface area contributed by atoms with Crippen molar-refractivity contribution in [3.63, 3.8) is 0 Å². The van der Waals surface area contributed by atoms with Crippen molar-refractivity contribution in [3.8, 4) is 0 Å². The average molecular weight is 840 g/mol. The van der Waals surface area contributed by atoms with Crippen LogP contribution < -0.4 is 16.4 Å². The summed E-state index contributed by atoms with van der Waals surface area (Å²) in [6.07, 6.45) is 17.6. The van der Waals surface area contributed by atoms with Crippen molar-refractivity contribution in [1.29, 1.82) is 0 Å². The fourth-order valence-electron chi connectivity index (χ4n) is 6.33. The lowest BCUT2D eigenvalue weighted by Gasteiger charge is -2.27. The van der Waals surface area contributed by atoms with Gasteiger partial charge in [-0.05, 0) is 80.9 Å². The van der Waals surface area contributed by atoms with Crippen LogP contribution in [-0.4, -0.2) is 41.1 Å². The quantitative estimate of drug-likeness (QED) is 0.0506. The molecule has 2 aromatic carbocycles. The molecule has 0 bridgehead atoms. The Labute approximate surface area is 352 Å². The van der Waals surface area contributed by atoms with E-state index < -0.39 is 23.2 Å². The average Bonchev–Trinajstić information content (AvgIpc) is 3.23. The highest BCUT2D eigenvalue weighted by atomic mass is 19.4. The number of anilines is 2. The number of rotatable bonds is 21. The van der Waals surface area contributed by atoms with Crippen LogP contribution in [0.5, 0.6) is 0 Å². The highest BCUT2D eigenvalue weighted by Crippen LogP contribution is 2.35. The maximum Gasteiger partial charge on any atom is 0.418 e. The zero-order chi connectivity index (χ0) is 46.4. The summed E-state index contributed by atoms with van der Waals surface area (Å²) < 4.78 is 68.2. The van der Waals surface area contributed by atoms with E-state index in [9.17, 15) is 31.1 Å². The van der Waals surface area contributed by atoms with Gasteiger partial charge in [-0.15, -0.1) is 0 Å². The van der Waals surface area contributed by atoms with E-state index in [0.717, 1.165) is 41.1 Å². The third kappa shape index (κ3) is 38.4. The summed E-state index contributed by atoms with van der Waals surface area (Å²) in [6, 6.07) is 9.42. The summed E-state index contributed by atoms with van der Waals surface area (Å²) in [5.41, 5.74) is 5.12. The number of amides is 1. The second-order valence-corrected chi connectivity index (χ2v) is 13.4. The molecule has 0 fully saturated rings. The van der Waals surface area contributed by atoms with Crippen LogP contribution in [0.15, 0.2) is 36.4 Å². The van der Waals surface area contributed by atoms with Crippen LogP contribution >= 0.6 is 0 Å². The number of unbranched alkanes of at least 4 members (excludes halogenated alkanes) is 5. The molecule has 58 heavy (non-hydrogen) atoms. The molecule has 2 aromatic rings. The SMILES string of the molecule is C=O.CC.CC.CCCC(C)CCCCCCCCC(CCNC)C(CCC)CCC.CF.CF.Cc1cc(F)c(N)c(C(F)(F)F)c1.Cc1ccccc1NC=O. The lowest BCUT2D eigenvalue weighted by Crippen LogP contribution is -2.20. The molecule has 0 heterocycles. The smallest absolute Gasteiger partial charge is 0.396 e. The molecule has 2 rings (SSSR count). The largest absolute Gasteiger partial charge is 0.418 e. The van der Waals surface area contributed by atoms with Crippen LogP contribution in [0.4, 0.5) is 37.7 Å². The number of nitrogens with two attached hydrogens (primary N) is 1. The van der Waals surface area contributed by atoms with E-state index in [1.54, 1.807) is 0 Å². The first-order valence-electron chi connectivity index (χ1n) is 21.4. The summed E-state index contributed by atoms with van der Waals surface area (Å²) in [5.74, 6) is 1.85. The summed E-state index contributed by atoms with van der Waals surface area (Å²) in [5, 5.41) is 5.98. The zero-order valence-corrected chi connectivity index (χ0v) is 39.0. The Balaban J connectivity index is -0.000000171. The summed E-state index contributed by atoms with van der Waals surface area (Å²) in [7, 11) is 3.10. The maximum absolute atomic E-state index is 12.7. The van der Waals surface area contributed by atoms with E-state index >= 15 is 0 Å². The minimum atomic E-state index is -4.60. The molecule has 0 saturated carbocycles. The molecule has 4 N–H and O–H groups in total. The Morgan fingerprint density at radius 1 is 0.724 bits per heavy atom. The molecule has 344 valence electrons. The third-order valence-corrected chi connectivity index (χ3v) is 8.99. The predicted octanol–water partition coefficient (Wildman–Crippen LogP) is 15.3. The van der Waals surface area contributed by atoms with E-state index in [1.807, 2.05) is 65.7 Å². The number of para-hydroxylation sites is 1. The van der Waals surface area contributed by atoms with Gasteiger partial charge in [-0.25, -0.2) is 4.39 Å². The van der Waals surface area contributed by atoms with Crippen molar-refractivity contribution in [2.24, 2.45) is 17.8 Å². The fraction of sp³-hybridized carbons (Fsp3) is 0.702. The second-order valence-electron chi connectivity index (χ2n) is 13.4. The molecule has 0 radical (unpaired) electrons. The van der Waals surface area contributed by atoms with Gasteiger partial charge in [0.05, 0.1) is 25.6 Å². The van der Waals surface area contributed by atoms with Crippen molar-refractivity contribution < 1.29 is 35.9 Å². The van der Waals surface area contributed by atoms with Crippen molar-refractivity contribution in [3.05, 3.63) is 58.9 Å². The van der Waals surface area contributed by atoms with Gasteiger partial charge in [0.25, 0.3) is 0 Å². The fourth-order valence-corrected chi connectivity index (χ4v) is 6.33. The Morgan fingerprint density at radius 3 is 1.60 bits per heavy atom. The van der Waals surface area contributed by atoms with Gasteiger partial charge in [0.2, 0.25) is 6.41 Å². The number of hydrogen-bond acceptors (Lipinski definition) is 4. The number of carbonyl (C=O) groups excluding carboxylic acids is 2. The first-order valence-corrected chi connectivity index (χ1v) is 21.4. The molecular formula is C47H87F6N3O2. The molecule has 0 aliphatic rings. The first kappa shape index (κ1) is 66.7. The van der Waals surface area contributed by atoms with Crippen LogP contribution in [0.1, 0.15) is 168 Å². The van der Waals surface area contributed by atoms with Gasteiger partial charge in [0.1, 0.15) is 12.6 Å². The van der Waals surface area contributed by atoms with Crippen LogP contribution in [0.3, 0.4) is 0 Å². The van der Waals surface area contributed by atoms with Gasteiger partial charge in [0.15, 0.2) is 0 Å². The molecule has 0 saturated heterocycles. The van der Waals surface area contributed by atoms with Gasteiger partial charge < -0.3 is 21.2 Å². The normalized spacial score (nSPS) is 10.8. The van der Waals surface area contributed by atoms with Gasteiger partial charge in [-0.1, -0.05) is 163 Å². The minimum Gasteiger partial charge on any atom is -0.396 e. The number of hydrogen-bond donors (Lipinski definition) is 3. The van der Waals surface area contributed by atoms with Crippen LogP contribution in [0.25, 0.3) is 0 Å². The van der Waals surface area contributed by atoms with E-state index in [-0.39, 0.29) is 5.56 Å². The Bertz CT molecular complexity index is 1120. The predicted molar refractivity (Wildman–Crippen MR) is 242 cm³/mol. The van der Waals surface area contributed by atoms with Crippen molar-refractivity contribution in [2.45, 2.75) is 172 Å². The molecule has 11 heteroatoms. The maximum atomic E-state index is 12.7. The molecule has 1 amide bonds. The highest BCUT2D eigenvalue weighted by molar-refractivity contribution is 5.73. The van der Waals surface area contributed by atoms with E-state index in [2.05, 4.69) is 45.4 Å². The summed E-state index contributed by atoms with van der Waals surface area (Å²) >= 11 is 0. The Morgan fingerprint density at radius 2 is 1.17 bits per heavy atom. The van der Waals surface area contributed by atoms with Gasteiger partial charge >= 0.3 is 6.18 Å². The van der Waals surface area contributed by atoms with Crippen LogP contribution in [-0.2, 0) is 15.8 Å². The van der Waals surface area contributed by atoms with Crippen LogP contribution in [0, 0.1) is 37.4 Å². The van der Waals surface area contributed by atoms with Crippen LogP contribution in [0.2, 0.25) is 0 Å². The Hall–Kier alpha value is -3.08. The molecule has 0 aliphatic heterocycles. The molecule has 5 nitrogen and oxygen atoms in total. The number of halogens is 6. The minimum absolute atomic E-state index is 0.194. The number of benzene rings is 2. The number of carbonyl (C=O) groups is 2. The summed E-state index contributed by atoms with van der Waals surface area (Å²) in [6.45, 7) is 24.0. The van der Waals surface area contributed by atoms with E-state index in [0.29, 0.717) is 20.8 Å². The number of aryl methyl sites for hydroxylation is 2. The van der Waals surface area contributed by atoms with Crippen molar-refractivity contribution >= 4 is 24.6 Å². The van der Waals surface area contributed by atoms with E-state index in [1.165, 1.54) is 110 Å². The molecule has 2 unspecified atom stereocenters. The van der Waals surface area contributed by atoms with Crippen molar-refractivity contribution in [2.75, 3.05) is 39.0 Å². The highest BCUT2D eigenvalue weighted by Gasteiger charge is 2.34. The number of alkyl halides is 5. The van der Waals surface area contributed by atoms with Crippen molar-refractivity contribution in [1.82, 2.24) is 5.32 Å². The lowest BCUT2D eigenvalue weighted by molar-refractivity contribution is -0.137.